The molecule has 2 aromatic rings. The van der Waals surface area contributed by atoms with Gasteiger partial charge in [-0.25, -0.2) is 26.4 Å². The highest BCUT2D eigenvalue weighted by Crippen LogP contribution is 2.35. The Hall–Kier alpha value is -2.17. The van der Waals surface area contributed by atoms with Gasteiger partial charge in [-0.2, -0.15) is 0 Å². The van der Waals surface area contributed by atoms with Gasteiger partial charge in [0.15, 0.2) is 9.84 Å². The second kappa shape index (κ2) is 5.80. The summed E-state index contributed by atoms with van der Waals surface area (Å²) in [6.07, 6.45) is 0.940. The van der Waals surface area contributed by atoms with Crippen LogP contribution in [0.25, 0.3) is 0 Å². The molecule has 0 saturated heterocycles. The van der Waals surface area contributed by atoms with Crippen molar-refractivity contribution in [3.63, 3.8) is 0 Å². The molecule has 124 valence electrons. The Morgan fingerprint density at radius 1 is 1.04 bits per heavy atom. The van der Waals surface area contributed by atoms with Gasteiger partial charge in [0.05, 0.1) is 16.3 Å². The Morgan fingerprint density at radius 2 is 1.65 bits per heavy atom. The van der Waals surface area contributed by atoms with E-state index in [2.05, 4.69) is 5.32 Å². The predicted molar refractivity (Wildman–Crippen MR) is 85.0 cm³/mol. The molecule has 0 unspecified atom stereocenters. The lowest BCUT2D eigenvalue weighted by Crippen LogP contribution is -2.16. The maximum absolute atomic E-state index is 13.3. The van der Waals surface area contributed by atoms with Gasteiger partial charge in [-0.05, 0) is 30.3 Å². The van der Waals surface area contributed by atoms with E-state index in [0.717, 1.165) is 24.5 Å². The molecule has 10 heteroatoms. The zero-order valence-corrected chi connectivity index (χ0v) is 13.6. The minimum Gasteiger partial charge on any atom is -0.396 e. The van der Waals surface area contributed by atoms with Crippen LogP contribution in [-0.2, 0) is 19.9 Å². The molecule has 0 fully saturated rings. The molecular weight excluding hydrogens is 345 g/mol. The van der Waals surface area contributed by atoms with Crippen molar-refractivity contribution < 1.29 is 21.2 Å². The second-order valence-corrected chi connectivity index (χ2v) is 8.32. The topological polar surface area (TPSA) is 132 Å². The number of primary sulfonamides is 1. The molecule has 0 heterocycles. The minimum atomic E-state index is -4.15. The summed E-state index contributed by atoms with van der Waals surface area (Å²) in [6.45, 7) is 0. The first-order chi connectivity index (χ1) is 10.5. The maximum Gasteiger partial charge on any atom is 0.240 e. The van der Waals surface area contributed by atoms with Crippen molar-refractivity contribution in [2.75, 3.05) is 17.3 Å². The number of nitrogens with two attached hydrogens (primary N) is 2. The van der Waals surface area contributed by atoms with Crippen LogP contribution in [0.3, 0.4) is 0 Å². The lowest BCUT2D eigenvalue weighted by atomic mass is 10.2. The summed E-state index contributed by atoms with van der Waals surface area (Å²) in [7, 11) is -7.87. The highest BCUT2D eigenvalue weighted by molar-refractivity contribution is 7.91. The van der Waals surface area contributed by atoms with Crippen LogP contribution in [0.15, 0.2) is 46.2 Å². The third-order valence-corrected chi connectivity index (χ3v) is 5.08. The highest BCUT2D eigenvalue weighted by atomic mass is 32.2. The molecule has 0 aliphatic carbocycles. The first kappa shape index (κ1) is 17.2. The number of hydrogen-bond acceptors (Lipinski definition) is 6. The molecule has 0 atom stereocenters. The van der Waals surface area contributed by atoms with Crippen LogP contribution in [0.4, 0.5) is 21.5 Å². The van der Waals surface area contributed by atoms with Crippen LogP contribution in [-0.4, -0.2) is 23.1 Å². The average Bonchev–Trinajstić information content (AvgIpc) is 2.38. The van der Waals surface area contributed by atoms with E-state index in [1.807, 2.05) is 0 Å². The van der Waals surface area contributed by atoms with E-state index in [0.29, 0.717) is 0 Å². The van der Waals surface area contributed by atoms with Crippen LogP contribution >= 0.6 is 0 Å². The summed E-state index contributed by atoms with van der Waals surface area (Å²) >= 11 is 0. The van der Waals surface area contributed by atoms with Gasteiger partial charge < -0.3 is 11.1 Å². The van der Waals surface area contributed by atoms with Crippen LogP contribution in [0.5, 0.6) is 0 Å². The van der Waals surface area contributed by atoms with Crippen molar-refractivity contribution >= 4 is 36.9 Å². The fraction of sp³-hybridized carbons (Fsp3) is 0.0769. The Balaban J connectivity index is 2.72. The smallest absolute Gasteiger partial charge is 0.240 e. The van der Waals surface area contributed by atoms with Gasteiger partial charge >= 0.3 is 0 Å². The van der Waals surface area contributed by atoms with Gasteiger partial charge in [0, 0.05) is 11.9 Å². The van der Waals surface area contributed by atoms with E-state index in [-0.39, 0.29) is 22.0 Å². The number of hydrogen-bond donors (Lipinski definition) is 3. The molecule has 7 nitrogen and oxygen atoms in total. The van der Waals surface area contributed by atoms with Gasteiger partial charge in [0.25, 0.3) is 0 Å². The van der Waals surface area contributed by atoms with E-state index < -0.39 is 30.6 Å². The van der Waals surface area contributed by atoms with E-state index in [4.69, 9.17) is 10.9 Å². The number of sulfone groups is 1. The summed E-state index contributed by atoms with van der Waals surface area (Å²) in [4.78, 5) is -0.657. The third kappa shape index (κ3) is 3.78. The number of nitrogens with one attached hydrogen (secondary N) is 1. The van der Waals surface area contributed by atoms with E-state index in [9.17, 15) is 21.2 Å². The van der Waals surface area contributed by atoms with E-state index in [1.54, 1.807) is 0 Å². The number of nitrogen functional groups attached to an aromatic ring is 1. The molecule has 0 amide bonds. The molecule has 0 aliphatic rings. The quantitative estimate of drug-likeness (QED) is 0.703. The Bertz CT molecular complexity index is 973. The van der Waals surface area contributed by atoms with Crippen molar-refractivity contribution in [3.05, 3.63) is 42.2 Å². The van der Waals surface area contributed by atoms with Gasteiger partial charge in [-0.1, -0.05) is 6.07 Å². The normalized spacial score (nSPS) is 12.1. The zero-order valence-electron chi connectivity index (χ0n) is 11.9. The fourth-order valence-corrected chi connectivity index (χ4v) is 3.49. The zero-order chi connectivity index (χ0) is 17.4. The fourth-order valence-electron chi connectivity index (χ4n) is 1.98. The SMILES string of the molecule is CS(=O)(=O)c1ccc(S(N)(=O)=O)c(N)c1Nc1cccc(F)c1. The monoisotopic (exact) mass is 359 g/mol. The summed E-state index contributed by atoms with van der Waals surface area (Å²) in [6, 6.07) is 7.27. The van der Waals surface area contributed by atoms with Gasteiger partial charge in [-0.3, -0.25) is 0 Å². The number of anilines is 3. The van der Waals surface area contributed by atoms with Crippen molar-refractivity contribution in [2.45, 2.75) is 9.79 Å². The number of benzene rings is 2. The first-order valence-electron chi connectivity index (χ1n) is 6.18. The van der Waals surface area contributed by atoms with Gasteiger partial charge in [0.1, 0.15) is 10.7 Å². The largest absolute Gasteiger partial charge is 0.396 e. The number of halogens is 1. The number of sulfonamides is 1. The molecule has 5 N–H and O–H groups in total. The Morgan fingerprint density at radius 3 is 2.17 bits per heavy atom. The molecule has 0 spiro atoms. The lowest BCUT2D eigenvalue weighted by molar-refractivity contribution is 0.596. The van der Waals surface area contributed by atoms with Crippen LogP contribution in [0, 0.1) is 5.82 Å². The van der Waals surface area contributed by atoms with Crippen molar-refractivity contribution in [3.8, 4) is 0 Å². The lowest BCUT2D eigenvalue weighted by Gasteiger charge is -2.16. The van der Waals surface area contributed by atoms with E-state index in [1.165, 1.54) is 18.2 Å². The number of rotatable bonds is 4. The van der Waals surface area contributed by atoms with Gasteiger partial charge in [-0.15, -0.1) is 0 Å². The van der Waals surface area contributed by atoms with Crippen molar-refractivity contribution in [1.82, 2.24) is 0 Å². The molecule has 0 radical (unpaired) electrons. The third-order valence-electron chi connectivity index (χ3n) is 2.97. The molecule has 0 aromatic heterocycles. The van der Waals surface area contributed by atoms with Gasteiger partial charge in [0.2, 0.25) is 10.0 Å². The van der Waals surface area contributed by atoms with Crippen LogP contribution < -0.4 is 16.2 Å². The molecule has 2 rings (SSSR count). The minimum absolute atomic E-state index is 0.176. The molecule has 0 bridgehead atoms. The van der Waals surface area contributed by atoms with Crippen molar-refractivity contribution in [2.24, 2.45) is 5.14 Å². The highest BCUT2D eigenvalue weighted by Gasteiger charge is 2.22. The standard InChI is InChI=1S/C13H14FN3O4S2/c1-22(18,19)11-6-5-10(23(16,20)21)12(15)13(11)17-9-4-2-3-8(14)7-9/h2-7,17H,15H2,1H3,(H2,16,20,21). The molecule has 2 aromatic carbocycles. The van der Waals surface area contributed by atoms with Crippen LogP contribution in [0.2, 0.25) is 0 Å². The maximum atomic E-state index is 13.3. The summed E-state index contributed by atoms with van der Waals surface area (Å²) in [5, 5.41) is 7.69. The molecule has 0 aliphatic heterocycles. The van der Waals surface area contributed by atoms with Crippen LogP contribution in [0.1, 0.15) is 0 Å². The first-order valence-corrected chi connectivity index (χ1v) is 9.62. The van der Waals surface area contributed by atoms with Crippen molar-refractivity contribution in [1.29, 1.82) is 0 Å². The molecule has 0 saturated carbocycles. The Kier molecular flexibility index (Phi) is 4.33. The summed E-state index contributed by atoms with van der Waals surface area (Å²) < 4.78 is 60.1. The van der Waals surface area contributed by atoms with E-state index >= 15 is 0 Å². The average molecular weight is 359 g/mol. The second-order valence-electron chi connectivity index (χ2n) is 4.80. The molecular formula is C13H14FN3O4S2. The summed E-state index contributed by atoms with van der Waals surface area (Å²) in [5.74, 6) is -0.558. The predicted octanol–water partition coefficient (Wildman–Crippen LogP) is 1.20. The summed E-state index contributed by atoms with van der Waals surface area (Å²) in [5.41, 5.74) is 5.44. The molecule has 23 heavy (non-hydrogen) atoms. The Labute approximate surface area is 133 Å².